The SMILES string of the molecule is Cc1cnc2c(C(=O)N[C@H]3C[C@H]4C(=O)N(C)CC(=O)N4C3)cnn2c1. The van der Waals surface area contributed by atoms with Crippen LogP contribution in [0.3, 0.4) is 0 Å². The molecule has 0 saturated carbocycles. The summed E-state index contributed by atoms with van der Waals surface area (Å²) in [6, 6.07) is -0.751. The lowest BCUT2D eigenvalue weighted by Gasteiger charge is -2.33. The summed E-state index contributed by atoms with van der Waals surface area (Å²) in [6.45, 7) is 2.33. The van der Waals surface area contributed by atoms with Gasteiger partial charge in [-0.1, -0.05) is 0 Å². The highest BCUT2D eigenvalue weighted by Gasteiger charge is 2.45. The molecule has 0 aromatic carbocycles. The van der Waals surface area contributed by atoms with Crippen molar-refractivity contribution in [2.45, 2.75) is 25.4 Å². The summed E-state index contributed by atoms with van der Waals surface area (Å²) < 4.78 is 1.56. The van der Waals surface area contributed by atoms with Crippen molar-refractivity contribution in [3.05, 3.63) is 29.7 Å². The Morgan fingerprint density at radius 2 is 2.12 bits per heavy atom. The molecule has 2 aliphatic rings. The molecule has 4 heterocycles. The Labute approximate surface area is 143 Å². The molecule has 0 radical (unpaired) electrons. The molecule has 25 heavy (non-hydrogen) atoms. The number of carbonyl (C=O) groups excluding carboxylic acids is 3. The molecule has 3 amide bonds. The van der Waals surface area contributed by atoms with Crippen LogP contribution in [0.4, 0.5) is 0 Å². The Morgan fingerprint density at radius 3 is 2.92 bits per heavy atom. The number of aryl methyl sites for hydroxylation is 1. The van der Waals surface area contributed by atoms with E-state index in [9.17, 15) is 14.4 Å². The summed E-state index contributed by atoms with van der Waals surface area (Å²) in [5, 5.41) is 7.05. The molecule has 0 aliphatic carbocycles. The molecule has 0 unspecified atom stereocenters. The number of hydrogen-bond donors (Lipinski definition) is 1. The van der Waals surface area contributed by atoms with E-state index in [1.165, 1.54) is 11.1 Å². The quantitative estimate of drug-likeness (QED) is 0.771. The number of hydrogen-bond acceptors (Lipinski definition) is 5. The zero-order valence-corrected chi connectivity index (χ0v) is 14.0. The van der Waals surface area contributed by atoms with Crippen molar-refractivity contribution in [3.8, 4) is 0 Å². The summed E-state index contributed by atoms with van der Waals surface area (Å²) in [5.41, 5.74) is 1.79. The number of aromatic nitrogens is 3. The van der Waals surface area contributed by atoms with E-state index in [0.717, 1.165) is 5.56 Å². The molecule has 2 aliphatic heterocycles. The molecule has 2 aromatic heterocycles. The highest BCUT2D eigenvalue weighted by molar-refractivity contribution is 6.00. The van der Waals surface area contributed by atoms with Crippen LogP contribution in [0.15, 0.2) is 18.6 Å². The van der Waals surface area contributed by atoms with Crippen LogP contribution in [0, 0.1) is 6.92 Å². The van der Waals surface area contributed by atoms with Crippen LogP contribution in [0.2, 0.25) is 0 Å². The number of nitrogens with one attached hydrogen (secondary N) is 1. The summed E-state index contributed by atoms with van der Waals surface area (Å²) in [4.78, 5) is 44.2. The normalized spacial score (nSPS) is 23.3. The molecule has 130 valence electrons. The Morgan fingerprint density at radius 1 is 1.32 bits per heavy atom. The molecular formula is C16H18N6O3. The predicted octanol–water partition coefficient (Wildman–Crippen LogP) is -0.791. The summed E-state index contributed by atoms with van der Waals surface area (Å²) in [6.07, 6.45) is 5.37. The molecule has 1 N–H and O–H groups in total. The standard InChI is InChI=1S/C16H18N6O3/c1-9-4-17-14-11(5-18-22(14)6-9)15(24)19-10-3-12-16(25)20(2)8-13(23)21(12)7-10/h4-6,10,12H,3,7-8H2,1-2H3,(H,19,24)/t10-,12-/m0/s1. The van der Waals surface area contributed by atoms with Crippen LogP contribution < -0.4 is 5.32 Å². The van der Waals surface area contributed by atoms with Gasteiger partial charge in [0.05, 0.1) is 12.7 Å². The number of nitrogens with zero attached hydrogens (tertiary/aromatic N) is 5. The van der Waals surface area contributed by atoms with Crippen LogP contribution in [0.25, 0.3) is 5.65 Å². The Kier molecular flexibility index (Phi) is 3.45. The van der Waals surface area contributed by atoms with Crippen molar-refractivity contribution in [1.29, 1.82) is 0 Å². The summed E-state index contributed by atoms with van der Waals surface area (Å²) in [5.74, 6) is -0.467. The van der Waals surface area contributed by atoms with Crippen molar-refractivity contribution in [2.24, 2.45) is 0 Å². The fourth-order valence-corrected chi connectivity index (χ4v) is 3.47. The molecule has 2 aromatic rings. The van der Waals surface area contributed by atoms with Crippen LogP contribution in [0.5, 0.6) is 0 Å². The van der Waals surface area contributed by atoms with Crippen molar-refractivity contribution >= 4 is 23.4 Å². The molecule has 0 bridgehead atoms. The van der Waals surface area contributed by atoms with E-state index in [2.05, 4.69) is 15.4 Å². The number of fused-ring (bicyclic) bond motifs is 2. The molecule has 2 fully saturated rings. The van der Waals surface area contributed by atoms with Crippen molar-refractivity contribution < 1.29 is 14.4 Å². The van der Waals surface area contributed by atoms with Gasteiger partial charge in [0.25, 0.3) is 5.91 Å². The Balaban J connectivity index is 1.52. The van der Waals surface area contributed by atoms with Gasteiger partial charge in [-0.3, -0.25) is 14.4 Å². The molecule has 9 nitrogen and oxygen atoms in total. The first kappa shape index (κ1) is 15.6. The number of amides is 3. The molecule has 2 saturated heterocycles. The Hall–Kier alpha value is -2.97. The average molecular weight is 342 g/mol. The number of carbonyl (C=O) groups is 3. The molecule has 2 atom stereocenters. The van der Waals surface area contributed by atoms with Gasteiger partial charge in [0.2, 0.25) is 11.8 Å². The van der Waals surface area contributed by atoms with Crippen molar-refractivity contribution in [2.75, 3.05) is 20.1 Å². The highest BCUT2D eigenvalue weighted by atomic mass is 16.2. The molecule has 9 heteroatoms. The van der Waals surface area contributed by atoms with Gasteiger partial charge in [-0.25, -0.2) is 9.50 Å². The highest BCUT2D eigenvalue weighted by Crippen LogP contribution is 2.24. The minimum absolute atomic E-state index is 0.0792. The second-order valence-corrected chi connectivity index (χ2v) is 6.62. The van der Waals surface area contributed by atoms with Crippen molar-refractivity contribution in [1.82, 2.24) is 29.7 Å². The topological polar surface area (TPSA) is 99.9 Å². The smallest absolute Gasteiger partial charge is 0.257 e. The number of rotatable bonds is 2. The van der Waals surface area contributed by atoms with E-state index in [4.69, 9.17) is 0 Å². The van der Waals surface area contributed by atoms with Gasteiger partial charge in [-0.15, -0.1) is 0 Å². The molecule has 0 spiro atoms. The van der Waals surface area contributed by atoms with E-state index in [0.29, 0.717) is 24.2 Å². The van der Waals surface area contributed by atoms with Gasteiger partial charge >= 0.3 is 0 Å². The predicted molar refractivity (Wildman–Crippen MR) is 86.7 cm³/mol. The van der Waals surface area contributed by atoms with E-state index < -0.39 is 6.04 Å². The van der Waals surface area contributed by atoms with Gasteiger partial charge in [-0.05, 0) is 18.9 Å². The Bertz CT molecular complexity index is 891. The third-order valence-electron chi connectivity index (χ3n) is 4.72. The maximum absolute atomic E-state index is 12.6. The first-order valence-corrected chi connectivity index (χ1v) is 8.09. The molecule has 4 rings (SSSR count). The number of likely N-dealkylation sites (N-methyl/N-ethyl adjacent to an activating group) is 1. The first-order chi connectivity index (χ1) is 11.9. The first-order valence-electron chi connectivity index (χ1n) is 8.09. The van der Waals surface area contributed by atoms with E-state index in [1.807, 2.05) is 6.92 Å². The number of piperazine rings is 1. The van der Waals surface area contributed by atoms with Gasteiger partial charge in [0, 0.05) is 32.0 Å². The van der Waals surface area contributed by atoms with Gasteiger partial charge in [0.1, 0.15) is 11.6 Å². The largest absolute Gasteiger partial charge is 0.347 e. The zero-order chi connectivity index (χ0) is 17.7. The second-order valence-electron chi connectivity index (χ2n) is 6.62. The van der Waals surface area contributed by atoms with Crippen LogP contribution in [-0.4, -0.2) is 74.3 Å². The zero-order valence-electron chi connectivity index (χ0n) is 14.0. The van der Waals surface area contributed by atoms with E-state index in [-0.39, 0.29) is 30.3 Å². The van der Waals surface area contributed by atoms with Gasteiger partial charge < -0.3 is 15.1 Å². The van der Waals surface area contributed by atoms with E-state index >= 15 is 0 Å². The monoisotopic (exact) mass is 342 g/mol. The fourth-order valence-electron chi connectivity index (χ4n) is 3.47. The molecular weight excluding hydrogens is 324 g/mol. The fraction of sp³-hybridized carbons (Fsp3) is 0.438. The summed E-state index contributed by atoms with van der Waals surface area (Å²) >= 11 is 0. The van der Waals surface area contributed by atoms with Gasteiger partial charge in [-0.2, -0.15) is 5.10 Å². The van der Waals surface area contributed by atoms with Crippen molar-refractivity contribution in [3.63, 3.8) is 0 Å². The van der Waals surface area contributed by atoms with Crippen LogP contribution >= 0.6 is 0 Å². The van der Waals surface area contributed by atoms with Crippen LogP contribution in [-0.2, 0) is 9.59 Å². The minimum Gasteiger partial charge on any atom is -0.347 e. The maximum Gasteiger partial charge on any atom is 0.257 e. The lowest BCUT2D eigenvalue weighted by Crippen LogP contribution is -2.55. The maximum atomic E-state index is 12.6. The van der Waals surface area contributed by atoms with E-state index in [1.54, 1.807) is 28.9 Å². The second kappa shape index (κ2) is 5.54. The third-order valence-corrected chi connectivity index (χ3v) is 4.72. The lowest BCUT2D eigenvalue weighted by atomic mass is 10.1. The van der Waals surface area contributed by atoms with Gasteiger partial charge in [0.15, 0.2) is 5.65 Å². The third kappa shape index (κ3) is 2.51. The summed E-state index contributed by atoms with van der Waals surface area (Å²) in [7, 11) is 1.62. The lowest BCUT2D eigenvalue weighted by molar-refractivity contribution is -0.152. The minimum atomic E-state index is -0.485. The average Bonchev–Trinajstić information content (AvgIpc) is 3.16. The van der Waals surface area contributed by atoms with Crippen LogP contribution in [0.1, 0.15) is 22.3 Å².